The maximum atomic E-state index is 13.3. The van der Waals surface area contributed by atoms with Crippen molar-refractivity contribution in [2.75, 3.05) is 0 Å². The fraction of sp³-hybridized carbons (Fsp3) is 0.588. The van der Waals surface area contributed by atoms with Crippen molar-refractivity contribution in [1.29, 1.82) is 0 Å². The minimum Gasteiger partial charge on any atom is -0.334 e. The van der Waals surface area contributed by atoms with Gasteiger partial charge in [-0.25, -0.2) is 4.39 Å². The predicted octanol–water partition coefficient (Wildman–Crippen LogP) is 2.98. The first-order valence-electron chi connectivity index (χ1n) is 7.93. The van der Waals surface area contributed by atoms with E-state index in [9.17, 15) is 9.18 Å². The fourth-order valence-electron chi connectivity index (χ4n) is 3.27. The van der Waals surface area contributed by atoms with Gasteiger partial charge in [0.1, 0.15) is 5.82 Å². The standard InChI is InChI=1S/C17H23FN2O/c18-14-6-4-5-13(11-14)12-20(15-7-8-15)16(21)17(19)9-2-1-3-10-17/h4-6,11,15H,1-3,7-10,12,19H2. The molecule has 2 fully saturated rings. The Balaban J connectivity index is 1.76. The van der Waals surface area contributed by atoms with Crippen molar-refractivity contribution < 1.29 is 9.18 Å². The van der Waals surface area contributed by atoms with Crippen molar-refractivity contribution in [3.8, 4) is 0 Å². The molecule has 1 aromatic carbocycles. The van der Waals surface area contributed by atoms with Crippen LogP contribution in [0.25, 0.3) is 0 Å². The number of hydrogen-bond donors (Lipinski definition) is 1. The highest BCUT2D eigenvalue weighted by Crippen LogP contribution is 2.34. The molecule has 0 heterocycles. The van der Waals surface area contributed by atoms with Crippen molar-refractivity contribution in [2.45, 2.75) is 63.1 Å². The van der Waals surface area contributed by atoms with Crippen LogP contribution in [0.3, 0.4) is 0 Å². The maximum absolute atomic E-state index is 13.3. The van der Waals surface area contributed by atoms with E-state index < -0.39 is 5.54 Å². The normalized spacial score (nSPS) is 21.0. The Labute approximate surface area is 125 Å². The van der Waals surface area contributed by atoms with Crippen LogP contribution in [0.2, 0.25) is 0 Å². The molecule has 0 aliphatic heterocycles. The van der Waals surface area contributed by atoms with E-state index >= 15 is 0 Å². The number of carbonyl (C=O) groups excluding carboxylic acids is 1. The van der Waals surface area contributed by atoms with Gasteiger partial charge in [0, 0.05) is 12.6 Å². The molecule has 1 amide bonds. The summed E-state index contributed by atoms with van der Waals surface area (Å²) in [6.07, 6.45) is 6.85. The van der Waals surface area contributed by atoms with Crippen LogP contribution < -0.4 is 5.73 Å². The molecule has 3 rings (SSSR count). The van der Waals surface area contributed by atoms with Crippen LogP contribution in [0, 0.1) is 5.82 Å². The average molecular weight is 290 g/mol. The first kappa shape index (κ1) is 14.5. The molecule has 0 saturated heterocycles. The van der Waals surface area contributed by atoms with Crippen LogP contribution in [0.4, 0.5) is 4.39 Å². The molecule has 2 N–H and O–H groups in total. The van der Waals surface area contributed by atoms with Gasteiger partial charge in [0.05, 0.1) is 5.54 Å². The number of nitrogens with two attached hydrogens (primary N) is 1. The number of amides is 1. The molecular formula is C17H23FN2O. The lowest BCUT2D eigenvalue weighted by molar-refractivity contribution is -0.139. The number of benzene rings is 1. The average Bonchev–Trinajstić information content (AvgIpc) is 3.29. The van der Waals surface area contributed by atoms with Gasteiger partial charge in [0.15, 0.2) is 0 Å². The van der Waals surface area contributed by atoms with Crippen LogP contribution >= 0.6 is 0 Å². The second kappa shape index (κ2) is 5.76. The number of nitrogens with zero attached hydrogens (tertiary/aromatic N) is 1. The van der Waals surface area contributed by atoms with Crippen LogP contribution in [0.5, 0.6) is 0 Å². The second-order valence-corrected chi connectivity index (χ2v) is 6.51. The highest BCUT2D eigenvalue weighted by Gasteiger charge is 2.43. The van der Waals surface area contributed by atoms with Gasteiger partial charge in [-0.1, -0.05) is 31.4 Å². The highest BCUT2D eigenvalue weighted by molar-refractivity contribution is 5.86. The summed E-state index contributed by atoms with van der Waals surface area (Å²) in [4.78, 5) is 14.8. The summed E-state index contributed by atoms with van der Waals surface area (Å²) in [6.45, 7) is 0.472. The Morgan fingerprint density at radius 3 is 2.62 bits per heavy atom. The number of hydrogen-bond acceptors (Lipinski definition) is 2. The molecule has 114 valence electrons. The lowest BCUT2D eigenvalue weighted by Crippen LogP contribution is -2.56. The number of rotatable bonds is 4. The third-order valence-electron chi connectivity index (χ3n) is 4.66. The maximum Gasteiger partial charge on any atom is 0.243 e. The van der Waals surface area contributed by atoms with E-state index in [-0.39, 0.29) is 11.7 Å². The van der Waals surface area contributed by atoms with Crippen LogP contribution in [-0.2, 0) is 11.3 Å². The summed E-state index contributed by atoms with van der Waals surface area (Å²) in [5, 5.41) is 0. The Morgan fingerprint density at radius 2 is 2.00 bits per heavy atom. The SMILES string of the molecule is NC1(C(=O)N(Cc2cccc(F)c2)C2CC2)CCCCC1. The topological polar surface area (TPSA) is 46.3 Å². The molecule has 0 radical (unpaired) electrons. The summed E-state index contributed by atoms with van der Waals surface area (Å²) in [6, 6.07) is 6.79. The third kappa shape index (κ3) is 3.26. The van der Waals surface area contributed by atoms with Gasteiger partial charge in [-0.3, -0.25) is 4.79 Å². The Hall–Kier alpha value is -1.42. The minimum atomic E-state index is -0.700. The molecule has 0 bridgehead atoms. The molecule has 0 aromatic heterocycles. The zero-order chi connectivity index (χ0) is 14.9. The van der Waals surface area contributed by atoms with Gasteiger partial charge in [-0.15, -0.1) is 0 Å². The zero-order valence-corrected chi connectivity index (χ0v) is 12.4. The van der Waals surface area contributed by atoms with Gasteiger partial charge < -0.3 is 10.6 Å². The molecule has 2 aliphatic rings. The third-order valence-corrected chi connectivity index (χ3v) is 4.66. The summed E-state index contributed by atoms with van der Waals surface area (Å²) < 4.78 is 13.3. The molecule has 1 aromatic rings. The summed E-state index contributed by atoms with van der Waals surface area (Å²) in [7, 11) is 0. The molecule has 0 atom stereocenters. The number of halogens is 1. The van der Waals surface area contributed by atoms with Crippen LogP contribution in [-0.4, -0.2) is 22.4 Å². The smallest absolute Gasteiger partial charge is 0.243 e. The predicted molar refractivity (Wildman–Crippen MR) is 80.0 cm³/mol. The molecule has 4 heteroatoms. The summed E-state index contributed by atoms with van der Waals surface area (Å²) in [5.74, 6) is -0.190. The molecule has 3 nitrogen and oxygen atoms in total. The first-order chi connectivity index (χ1) is 10.1. The molecule has 0 spiro atoms. The van der Waals surface area contributed by atoms with Crippen molar-refractivity contribution in [3.05, 3.63) is 35.6 Å². The summed E-state index contributed by atoms with van der Waals surface area (Å²) >= 11 is 0. The second-order valence-electron chi connectivity index (χ2n) is 6.51. The lowest BCUT2D eigenvalue weighted by Gasteiger charge is -2.37. The minimum absolute atomic E-state index is 0.0639. The van der Waals surface area contributed by atoms with E-state index in [1.54, 1.807) is 6.07 Å². The Bertz CT molecular complexity index is 521. The number of carbonyl (C=O) groups is 1. The fourth-order valence-corrected chi connectivity index (χ4v) is 3.27. The van der Waals surface area contributed by atoms with Crippen molar-refractivity contribution in [1.82, 2.24) is 4.90 Å². The van der Waals surface area contributed by atoms with E-state index in [0.717, 1.165) is 44.1 Å². The molecule has 2 aliphatic carbocycles. The van der Waals surface area contributed by atoms with Crippen molar-refractivity contribution >= 4 is 5.91 Å². The zero-order valence-electron chi connectivity index (χ0n) is 12.4. The Morgan fingerprint density at radius 1 is 1.29 bits per heavy atom. The van der Waals surface area contributed by atoms with E-state index in [4.69, 9.17) is 5.73 Å². The van der Waals surface area contributed by atoms with E-state index in [0.29, 0.717) is 12.6 Å². The van der Waals surface area contributed by atoms with Gasteiger partial charge in [-0.05, 0) is 43.4 Å². The van der Waals surface area contributed by atoms with Gasteiger partial charge in [0.2, 0.25) is 5.91 Å². The van der Waals surface area contributed by atoms with E-state index in [1.807, 2.05) is 11.0 Å². The van der Waals surface area contributed by atoms with Gasteiger partial charge in [-0.2, -0.15) is 0 Å². The largest absolute Gasteiger partial charge is 0.334 e. The van der Waals surface area contributed by atoms with Crippen LogP contribution in [0.1, 0.15) is 50.5 Å². The first-order valence-corrected chi connectivity index (χ1v) is 7.93. The van der Waals surface area contributed by atoms with E-state index in [2.05, 4.69) is 0 Å². The molecular weight excluding hydrogens is 267 g/mol. The van der Waals surface area contributed by atoms with E-state index in [1.165, 1.54) is 18.6 Å². The lowest BCUT2D eigenvalue weighted by atomic mass is 9.81. The van der Waals surface area contributed by atoms with Crippen molar-refractivity contribution in [3.63, 3.8) is 0 Å². The molecule has 21 heavy (non-hydrogen) atoms. The van der Waals surface area contributed by atoms with Crippen molar-refractivity contribution in [2.24, 2.45) is 5.73 Å². The van der Waals surface area contributed by atoms with Gasteiger partial charge in [0.25, 0.3) is 0 Å². The van der Waals surface area contributed by atoms with Gasteiger partial charge >= 0.3 is 0 Å². The monoisotopic (exact) mass is 290 g/mol. The Kier molecular flexibility index (Phi) is 3.98. The molecule has 0 unspecified atom stereocenters. The highest BCUT2D eigenvalue weighted by atomic mass is 19.1. The quantitative estimate of drug-likeness (QED) is 0.926. The summed E-state index contributed by atoms with van der Waals surface area (Å²) in [5.41, 5.74) is 6.53. The van der Waals surface area contributed by atoms with Crippen LogP contribution in [0.15, 0.2) is 24.3 Å². The molecule has 2 saturated carbocycles.